The summed E-state index contributed by atoms with van der Waals surface area (Å²) >= 11 is 0. The van der Waals surface area contributed by atoms with Gasteiger partial charge < -0.3 is 10.1 Å². The summed E-state index contributed by atoms with van der Waals surface area (Å²) < 4.78 is 5.72. The van der Waals surface area contributed by atoms with Gasteiger partial charge >= 0.3 is 0 Å². The molecule has 1 rings (SSSR count). The second kappa shape index (κ2) is 8.13. The predicted octanol–water partition coefficient (Wildman–Crippen LogP) is 3.48. The first-order valence-corrected chi connectivity index (χ1v) is 6.69. The summed E-state index contributed by atoms with van der Waals surface area (Å²) in [7, 11) is 0. The zero-order valence-corrected chi connectivity index (χ0v) is 11.3. The maximum Gasteiger partial charge on any atom is 0.119 e. The van der Waals surface area contributed by atoms with Gasteiger partial charge in [-0.2, -0.15) is 0 Å². The van der Waals surface area contributed by atoms with E-state index >= 15 is 0 Å². The Balaban J connectivity index is 2.25. The van der Waals surface area contributed by atoms with Gasteiger partial charge in [0, 0.05) is 6.04 Å². The molecule has 0 fully saturated rings. The summed E-state index contributed by atoms with van der Waals surface area (Å²) in [4.78, 5) is 0. The third kappa shape index (κ3) is 5.22. The fourth-order valence-corrected chi connectivity index (χ4v) is 2.09. The summed E-state index contributed by atoms with van der Waals surface area (Å²) in [6.45, 7) is 8.54. The average molecular weight is 235 g/mol. The molecule has 17 heavy (non-hydrogen) atoms. The summed E-state index contributed by atoms with van der Waals surface area (Å²) in [5.41, 5.74) is 0. The lowest BCUT2D eigenvalue weighted by Gasteiger charge is -2.23. The van der Waals surface area contributed by atoms with Gasteiger partial charge in [0.15, 0.2) is 0 Å². The van der Waals surface area contributed by atoms with Gasteiger partial charge in [-0.3, -0.25) is 0 Å². The lowest BCUT2D eigenvalue weighted by molar-refractivity contribution is 0.254. The Hall–Kier alpha value is -1.02. The molecule has 0 saturated heterocycles. The summed E-state index contributed by atoms with van der Waals surface area (Å²) in [5, 5.41) is 3.53. The molecule has 0 aliphatic rings. The third-order valence-corrected chi connectivity index (χ3v) is 3.18. The van der Waals surface area contributed by atoms with Gasteiger partial charge in [-0.15, -0.1) is 0 Å². The van der Waals surface area contributed by atoms with Gasteiger partial charge in [0.05, 0.1) is 6.61 Å². The van der Waals surface area contributed by atoms with Gasteiger partial charge in [0.25, 0.3) is 0 Å². The van der Waals surface area contributed by atoms with Crippen molar-refractivity contribution in [1.29, 1.82) is 0 Å². The molecule has 1 N–H and O–H groups in total. The number of benzene rings is 1. The molecular weight excluding hydrogens is 210 g/mol. The summed E-state index contributed by atoms with van der Waals surface area (Å²) in [6, 6.07) is 10.6. The maximum absolute atomic E-state index is 5.72. The molecule has 0 aliphatic heterocycles. The van der Waals surface area contributed by atoms with E-state index in [1.165, 1.54) is 6.42 Å². The topological polar surface area (TPSA) is 21.3 Å². The van der Waals surface area contributed by atoms with Gasteiger partial charge in [0.1, 0.15) is 5.75 Å². The summed E-state index contributed by atoms with van der Waals surface area (Å²) in [6.07, 6.45) is 2.28. The van der Waals surface area contributed by atoms with Gasteiger partial charge in [-0.25, -0.2) is 0 Å². The highest BCUT2D eigenvalue weighted by Crippen LogP contribution is 2.14. The molecule has 2 atom stereocenters. The molecule has 2 heteroatoms. The van der Waals surface area contributed by atoms with Gasteiger partial charge in [-0.05, 0) is 37.4 Å². The predicted molar refractivity (Wildman–Crippen MR) is 73.5 cm³/mol. The highest BCUT2D eigenvalue weighted by Gasteiger charge is 2.13. The Morgan fingerprint density at radius 2 is 1.88 bits per heavy atom. The molecule has 0 radical (unpaired) electrons. The largest absolute Gasteiger partial charge is 0.494 e. The first-order valence-electron chi connectivity index (χ1n) is 6.69. The van der Waals surface area contributed by atoms with Crippen LogP contribution in [0.4, 0.5) is 0 Å². The monoisotopic (exact) mass is 235 g/mol. The lowest BCUT2D eigenvalue weighted by Crippen LogP contribution is -2.34. The molecule has 0 spiro atoms. The van der Waals surface area contributed by atoms with E-state index in [-0.39, 0.29) is 0 Å². The summed E-state index contributed by atoms with van der Waals surface area (Å²) in [5.74, 6) is 1.62. The molecule has 0 aromatic heterocycles. The second-order valence-electron chi connectivity index (χ2n) is 4.50. The number of rotatable bonds is 8. The lowest BCUT2D eigenvalue weighted by atomic mass is 9.96. The first-order chi connectivity index (χ1) is 8.27. The van der Waals surface area contributed by atoms with Crippen LogP contribution in [0.1, 0.15) is 33.6 Å². The van der Waals surface area contributed by atoms with Crippen LogP contribution in [0.15, 0.2) is 30.3 Å². The Morgan fingerprint density at radius 3 is 2.47 bits per heavy atom. The minimum absolute atomic E-state index is 0.611. The molecule has 2 nitrogen and oxygen atoms in total. The fourth-order valence-electron chi connectivity index (χ4n) is 2.09. The zero-order valence-electron chi connectivity index (χ0n) is 11.3. The Bertz CT molecular complexity index is 286. The standard InChI is InChI=1S/C15H25NO/c1-4-15(16-5-2)13(3)11-12-17-14-9-7-6-8-10-14/h6-10,13,15-16H,4-5,11-12H2,1-3H3. The van der Waals surface area contributed by atoms with Crippen molar-refractivity contribution in [3.8, 4) is 5.75 Å². The normalized spacial score (nSPS) is 14.3. The van der Waals surface area contributed by atoms with Crippen molar-refractivity contribution in [2.24, 2.45) is 5.92 Å². The van der Waals surface area contributed by atoms with Crippen LogP contribution in [-0.4, -0.2) is 19.2 Å². The quantitative estimate of drug-likeness (QED) is 0.745. The molecular formula is C15H25NO. The highest BCUT2D eigenvalue weighted by atomic mass is 16.5. The van der Waals surface area contributed by atoms with Crippen molar-refractivity contribution in [2.75, 3.05) is 13.2 Å². The van der Waals surface area contributed by atoms with Crippen molar-refractivity contribution < 1.29 is 4.74 Å². The molecule has 1 aromatic carbocycles. The first kappa shape index (κ1) is 14.0. The minimum atomic E-state index is 0.611. The van der Waals surface area contributed by atoms with Crippen molar-refractivity contribution >= 4 is 0 Å². The van der Waals surface area contributed by atoms with Crippen molar-refractivity contribution in [2.45, 2.75) is 39.7 Å². The number of nitrogens with one attached hydrogen (secondary N) is 1. The SMILES string of the molecule is CCNC(CC)C(C)CCOc1ccccc1. The fraction of sp³-hybridized carbons (Fsp3) is 0.600. The number of hydrogen-bond acceptors (Lipinski definition) is 2. The van der Waals surface area contributed by atoms with Crippen LogP contribution >= 0.6 is 0 Å². The van der Waals surface area contributed by atoms with E-state index in [4.69, 9.17) is 4.74 Å². The Kier molecular flexibility index (Phi) is 6.71. The van der Waals surface area contributed by atoms with E-state index in [0.717, 1.165) is 25.3 Å². The van der Waals surface area contributed by atoms with Crippen molar-refractivity contribution in [3.05, 3.63) is 30.3 Å². The minimum Gasteiger partial charge on any atom is -0.494 e. The van der Waals surface area contributed by atoms with Gasteiger partial charge in [0.2, 0.25) is 0 Å². The van der Waals surface area contributed by atoms with Gasteiger partial charge in [-0.1, -0.05) is 39.0 Å². The molecule has 2 unspecified atom stereocenters. The van der Waals surface area contributed by atoms with Crippen molar-refractivity contribution in [1.82, 2.24) is 5.32 Å². The van der Waals surface area contributed by atoms with E-state index in [2.05, 4.69) is 26.1 Å². The van der Waals surface area contributed by atoms with Crippen molar-refractivity contribution in [3.63, 3.8) is 0 Å². The van der Waals surface area contributed by atoms with Crippen LogP contribution in [0.5, 0.6) is 5.75 Å². The Labute approximate surface area is 105 Å². The molecule has 0 saturated carbocycles. The number of para-hydroxylation sites is 1. The number of hydrogen-bond donors (Lipinski definition) is 1. The van der Waals surface area contributed by atoms with Crippen LogP contribution in [0.3, 0.4) is 0 Å². The molecule has 1 aromatic rings. The average Bonchev–Trinajstić information content (AvgIpc) is 2.37. The van der Waals surface area contributed by atoms with E-state index in [1.807, 2.05) is 30.3 Å². The van der Waals surface area contributed by atoms with Crippen LogP contribution in [0.2, 0.25) is 0 Å². The van der Waals surface area contributed by atoms with Crippen LogP contribution < -0.4 is 10.1 Å². The van der Waals surface area contributed by atoms with E-state index in [9.17, 15) is 0 Å². The number of ether oxygens (including phenoxy) is 1. The smallest absolute Gasteiger partial charge is 0.119 e. The molecule has 0 aliphatic carbocycles. The van der Waals surface area contributed by atoms with Crippen LogP contribution in [-0.2, 0) is 0 Å². The third-order valence-electron chi connectivity index (χ3n) is 3.18. The van der Waals surface area contributed by atoms with E-state index < -0.39 is 0 Å². The van der Waals surface area contributed by atoms with E-state index in [1.54, 1.807) is 0 Å². The molecule has 0 heterocycles. The van der Waals surface area contributed by atoms with E-state index in [0.29, 0.717) is 12.0 Å². The van der Waals surface area contributed by atoms with Crippen LogP contribution in [0, 0.1) is 5.92 Å². The molecule has 0 amide bonds. The van der Waals surface area contributed by atoms with Crippen LogP contribution in [0.25, 0.3) is 0 Å². The Morgan fingerprint density at radius 1 is 1.18 bits per heavy atom. The second-order valence-corrected chi connectivity index (χ2v) is 4.50. The molecule has 0 bridgehead atoms. The zero-order chi connectivity index (χ0) is 12.5. The molecule has 96 valence electrons. The maximum atomic E-state index is 5.72. The highest BCUT2D eigenvalue weighted by molar-refractivity contribution is 5.20.